The number of aromatic nitrogens is 1. The first-order valence-corrected chi connectivity index (χ1v) is 10.1. The van der Waals surface area contributed by atoms with Crippen molar-refractivity contribution < 1.29 is 9.18 Å². The highest BCUT2D eigenvalue weighted by molar-refractivity contribution is 14.0. The molecule has 1 amide bonds. The van der Waals surface area contributed by atoms with Crippen molar-refractivity contribution >= 4 is 35.8 Å². The molecule has 2 N–H and O–H groups in total. The molecule has 28 heavy (non-hydrogen) atoms. The van der Waals surface area contributed by atoms with Crippen molar-refractivity contribution in [3.63, 3.8) is 0 Å². The van der Waals surface area contributed by atoms with Crippen LogP contribution < -0.4 is 10.6 Å². The molecule has 156 valence electrons. The molecule has 1 atom stereocenters. The zero-order chi connectivity index (χ0) is 19.1. The lowest BCUT2D eigenvalue weighted by molar-refractivity contribution is -0.135. The Morgan fingerprint density at radius 1 is 1.32 bits per heavy atom. The molecule has 1 saturated heterocycles. The van der Waals surface area contributed by atoms with E-state index in [1.807, 2.05) is 11.8 Å². The number of aliphatic imine (C=N–C) groups is 1. The molecule has 8 heteroatoms. The highest BCUT2D eigenvalue weighted by Gasteiger charge is 2.31. The van der Waals surface area contributed by atoms with Gasteiger partial charge in [0.05, 0.1) is 12.2 Å². The second-order valence-electron chi connectivity index (χ2n) is 7.38. The maximum absolute atomic E-state index is 13.7. The average molecular weight is 503 g/mol. The molecule has 3 rings (SSSR count). The van der Waals surface area contributed by atoms with Crippen molar-refractivity contribution in [1.29, 1.82) is 0 Å². The molecule has 0 aromatic carbocycles. The monoisotopic (exact) mass is 503 g/mol. The molecule has 1 aromatic heterocycles. The van der Waals surface area contributed by atoms with Crippen molar-refractivity contribution in [2.45, 2.75) is 58.0 Å². The zero-order valence-electron chi connectivity index (χ0n) is 16.5. The lowest BCUT2D eigenvalue weighted by Crippen LogP contribution is -2.45. The van der Waals surface area contributed by atoms with Crippen LogP contribution >= 0.6 is 24.0 Å². The van der Waals surface area contributed by atoms with Gasteiger partial charge in [-0.05, 0) is 38.3 Å². The molecule has 1 saturated carbocycles. The number of guanidine groups is 1. The van der Waals surface area contributed by atoms with E-state index < -0.39 is 0 Å². The van der Waals surface area contributed by atoms with Gasteiger partial charge in [0.15, 0.2) is 5.96 Å². The van der Waals surface area contributed by atoms with Gasteiger partial charge in [-0.3, -0.25) is 9.78 Å². The highest BCUT2D eigenvalue weighted by Crippen LogP contribution is 2.26. The minimum atomic E-state index is -0.345. The van der Waals surface area contributed by atoms with Crippen molar-refractivity contribution in [2.75, 3.05) is 19.6 Å². The Balaban J connectivity index is 0.00000280. The summed E-state index contributed by atoms with van der Waals surface area (Å²) in [6.45, 7) is 4.39. The molecule has 1 aliphatic heterocycles. The van der Waals surface area contributed by atoms with Gasteiger partial charge in [-0.15, -0.1) is 24.0 Å². The first-order valence-electron chi connectivity index (χ1n) is 10.1. The first kappa shape index (κ1) is 22.8. The molecule has 0 spiro atoms. The topological polar surface area (TPSA) is 69.6 Å². The molecule has 0 radical (unpaired) electrons. The van der Waals surface area contributed by atoms with Gasteiger partial charge < -0.3 is 15.5 Å². The number of likely N-dealkylation sites (tertiary alicyclic amines) is 1. The number of rotatable bonds is 5. The minimum absolute atomic E-state index is 0. The minimum Gasteiger partial charge on any atom is -0.357 e. The van der Waals surface area contributed by atoms with Gasteiger partial charge in [0.1, 0.15) is 5.82 Å². The van der Waals surface area contributed by atoms with Crippen LogP contribution in [0.2, 0.25) is 0 Å². The van der Waals surface area contributed by atoms with Gasteiger partial charge in [0.2, 0.25) is 5.91 Å². The largest absolute Gasteiger partial charge is 0.357 e. The van der Waals surface area contributed by atoms with Crippen molar-refractivity contribution in [2.24, 2.45) is 10.9 Å². The molecule has 1 aliphatic carbocycles. The number of nitrogens with zero attached hydrogens (tertiary/aromatic N) is 3. The van der Waals surface area contributed by atoms with Crippen LogP contribution in [0.3, 0.4) is 0 Å². The maximum Gasteiger partial charge on any atom is 0.225 e. The average Bonchev–Trinajstić information content (AvgIpc) is 3.16. The number of hydrogen-bond donors (Lipinski definition) is 2. The van der Waals surface area contributed by atoms with E-state index in [0.29, 0.717) is 30.7 Å². The summed E-state index contributed by atoms with van der Waals surface area (Å²) in [5.41, 5.74) is 0.329. The number of hydrogen-bond acceptors (Lipinski definition) is 3. The third-order valence-electron chi connectivity index (χ3n) is 5.36. The summed E-state index contributed by atoms with van der Waals surface area (Å²) >= 11 is 0. The number of carbonyl (C=O) groups is 1. The third kappa shape index (κ3) is 6.28. The summed E-state index contributed by atoms with van der Waals surface area (Å²) in [5, 5.41) is 6.58. The summed E-state index contributed by atoms with van der Waals surface area (Å²) in [7, 11) is 0. The second-order valence-corrected chi connectivity index (χ2v) is 7.38. The Morgan fingerprint density at radius 3 is 2.82 bits per heavy atom. The molecule has 2 fully saturated rings. The van der Waals surface area contributed by atoms with Crippen molar-refractivity contribution in [3.05, 3.63) is 29.8 Å². The Hall–Kier alpha value is -1.45. The maximum atomic E-state index is 13.7. The Kier molecular flexibility index (Phi) is 9.40. The van der Waals surface area contributed by atoms with E-state index in [-0.39, 0.29) is 48.3 Å². The lowest BCUT2D eigenvalue weighted by atomic mass is 9.88. The number of nitrogens with one attached hydrogen (secondary N) is 2. The molecule has 2 aliphatic rings. The summed E-state index contributed by atoms with van der Waals surface area (Å²) in [6, 6.07) is 3.13. The summed E-state index contributed by atoms with van der Waals surface area (Å²) < 4.78 is 13.7. The quantitative estimate of drug-likeness (QED) is 0.368. The zero-order valence-corrected chi connectivity index (χ0v) is 18.8. The fourth-order valence-corrected chi connectivity index (χ4v) is 3.89. The van der Waals surface area contributed by atoms with Gasteiger partial charge in [-0.2, -0.15) is 0 Å². The van der Waals surface area contributed by atoms with Gasteiger partial charge >= 0.3 is 0 Å². The van der Waals surface area contributed by atoms with Gasteiger partial charge in [-0.25, -0.2) is 9.38 Å². The van der Waals surface area contributed by atoms with E-state index in [9.17, 15) is 9.18 Å². The number of halogens is 2. The van der Waals surface area contributed by atoms with E-state index >= 15 is 0 Å². The fraction of sp³-hybridized carbons (Fsp3) is 0.650. The summed E-state index contributed by atoms with van der Waals surface area (Å²) in [4.78, 5) is 23.2. The van der Waals surface area contributed by atoms with Crippen LogP contribution in [0.4, 0.5) is 4.39 Å². The van der Waals surface area contributed by atoms with E-state index in [4.69, 9.17) is 0 Å². The van der Waals surface area contributed by atoms with Gasteiger partial charge in [0.25, 0.3) is 0 Å². The molecule has 1 unspecified atom stereocenters. The third-order valence-corrected chi connectivity index (χ3v) is 5.36. The van der Waals surface area contributed by atoms with Crippen LogP contribution in [0.1, 0.15) is 51.1 Å². The first-order chi connectivity index (χ1) is 13.2. The SMILES string of the molecule is CCNC(=NCc1ncccc1F)NC1CCN(C(=O)C2CCCCC2)C1.I. The molecular formula is C20H31FIN5O. The van der Waals surface area contributed by atoms with Crippen molar-refractivity contribution in [1.82, 2.24) is 20.5 Å². The Bertz CT molecular complexity index is 666. The van der Waals surface area contributed by atoms with Gasteiger partial charge in [0, 0.05) is 37.8 Å². The Morgan fingerprint density at radius 2 is 2.11 bits per heavy atom. The molecule has 1 aromatic rings. The van der Waals surface area contributed by atoms with Crippen LogP contribution in [-0.2, 0) is 11.3 Å². The lowest BCUT2D eigenvalue weighted by Gasteiger charge is -2.26. The normalized spacial score (nSPS) is 20.6. The number of amides is 1. The van der Waals surface area contributed by atoms with Gasteiger partial charge in [-0.1, -0.05) is 19.3 Å². The van der Waals surface area contributed by atoms with E-state index in [1.54, 1.807) is 12.3 Å². The summed E-state index contributed by atoms with van der Waals surface area (Å²) in [6.07, 6.45) is 8.15. The van der Waals surface area contributed by atoms with E-state index in [0.717, 1.165) is 25.8 Å². The number of carbonyl (C=O) groups excluding carboxylic acids is 1. The van der Waals surface area contributed by atoms with Crippen LogP contribution in [0.15, 0.2) is 23.3 Å². The summed E-state index contributed by atoms with van der Waals surface area (Å²) in [5.74, 6) is 0.824. The van der Waals surface area contributed by atoms with Crippen LogP contribution in [-0.4, -0.2) is 47.4 Å². The second kappa shape index (κ2) is 11.5. The standard InChI is InChI=1S/C20H30FN5O.HI/c1-2-22-20(24-13-18-17(21)9-6-11-23-18)25-16-10-12-26(14-16)19(27)15-7-4-3-5-8-15;/h6,9,11,15-16H,2-5,7-8,10,12-14H2,1H3,(H2,22,24,25);1H. The predicted molar refractivity (Wildman–Crippen MR) is 119 cm³/mol. The molecule has 6 nitrogen and oxygen atoms in total. The van der Waals surface area contributed by atoms with Crippen LogP contribution in [0.5, 0.6) is 0 Å². The smallest absolute Gasteiger partial charge is 0.225 e. The van der Waals surface area contributed by atoms with E-state index in [1.165, 1.54) is 25.3 Å². The van der Waals surface area contributed by atoms with E-state index in [2.05, 4.69) is 20.6 Å². The fourth-order valence-electron chi connectivity index (χ4n) is 3.89. The Labute approximate surface area is 183 Å². The highest BCUT2D eigenvalue weighted by atomic mass is 127. The predicted octanol–water partition coefficient (Wildman–Crippen LogP) is 3.08. The molecule has 2 heterocycles. The van der Waals surface area contributed by atoms with Crippen LogP contribution in [0.25, 0.3) is 0 Å². The van der Waals surface area contributed by atoms with Crippen LogP contribution in [0, 0.1) is 11.7 Å². The van der Waals surface area contributed by atoms with Crippen molar-refractivity contribution in [3.8, 4) is 0 Å². The number of pyridine rings is 1. The molecular weight excluding hydrogens is 472 g/mol. The molecule has 0 bridgehead atoms.